The number of hydrogen-bond acceptors (Lipinski definition) is 3. The molecule has 0 saturated carbocycles. The van der Waals surface area contributed by atoms with E-state index in [9.17, 15) is 8.78 Å². The van der Waals surface area contributed by atoms with E-state index in [1.165, 1.54) is 12.1 Å². The average Bonchev–Trinajstić information content (AvgIpc) is 2.45. The smallest absolute Gasteiger partial charge is 0.163 e. The molecule has 0 aliphatic carbocycles. The summed E-state index contributed by atoms with van der Waals surface area (Å²) in [6.45, 7) is 0. The number of halogens is 2. The lowest BCUT2D eigenvalue weighted by Crippen LogP contribution is -2.29. The maximum absolute atomic E-state index is 13.7. The van der Waals surface area contributed by atoms with E-state index in [0.717, 1.165) is 11.6 Å². The van der Waals surface area contributed by atoms with Gasteiger partial charge in [0.05, 0.1) is 0 Å². The highest BCUT2D eigenvalue weighted by Crippen LogP contribution is 2.22. The Labute approximate surface area is 110 Å². The number of aryl methyl sites for hydroxylation is 1. The van der Waals surface area contributed by atoms with Crippen LogP contribution in [0.25, 0.3) is 0 Å². The molecule has 0 bridgehead atoms. The molecule has 3 nitrogen and oxygen atoms in total. The van der Waals surface area contributed by atoms with E-state index >= 15 is 0 Å². The Morgan fingerprint density at radius 3 is 2.74 bits per heavy atom. The molecular weight excluding hydrogens is 248 g/mol. The van der Waals surface area contributed by atoms with Crippen LogP contribution in [0.5, 0.6) is 0 Å². The molecule has 0 fully saturated rings. The molecule has 0 aliphatic heterocycles. The Morgan fingerprint density at radius 2 is 2.05 bits per heavy atom. The van der Waals surface area contributed by atoms with Gasteiger partial charge >= 0.3 is 0 Å². The number of nitrogens with two attached hydrogens (primary N) is 1. The summed E-state index contributed by atoms with van der Waals surface area (Å²) < 4.78 is 26.9. The van der Waals surface area contributed by atoms with Gasteiger partial charge in [0.25, 0.3) is 0 Å². The first-order chi connectivity index (χ1) is 9.22. The first kappa shape index (κ1) is 13.6. The van der Waals surface area contributed by atoms with Crippen molar-refractivity contribution in [3.63, 3.8) is 0 Å². The summed E-state index contributed by atoms with van der Waals surface area (Å²) in [6.07, 6.45) is 4.67. The summed E-state index contributed by atoms with van der Waals surface area (Å²) >= 11 is 0. The summed E-state index contributed by atoms with van der Waals surface area (Å²) in [5.41, 5.74) is 3.80. The number of nitrogens with zero attached hydrogens (tertiary/aromatic N) is 1. The molecule has 0 amide bonds. The Morgan fingerprint density at radius 1 is 1.21 bits per heavy atom. The van der Waals surface area contributed by atoms with Gasteiger partial charge < -0.3 is 0 Å². The molecule has 1 aromatic carbocycles. The number of nitrogens with one attached hydrogen (secondary N) is 1. The maximum Gasteiger partial charge on any atom is 0.163 e. The van der Waals surface area contributed by atoms with Crippen LogP contribution in [0, 0.1) is 11.6 Å². The van der Waals surface area contributed by atoms with Gasteiger partial charge in [-0.25, -0.2) is 8.78 Å². The van der Waals surface area contributed by atoms with Crippen molar-refractivity contribution in [2.24, 2.45) is 5.84 Å². The predicted molar refractivity (Wildman–Crippen MR) is 69.0 cm³/mol. The van der Waals surface area contributed by atoms with Gasteiger partial charge in [0.15, 0.2) is 11.6 Å². The van der Waals surface area contributed by atoms with Crippen molar-refractivity contribution < 1.29 is 8.78 Å². The minimum absolute atomic E-state index is 0.242. The Hall–Kier alpha value is -1.85. The highest BCUT2D eigenvalue weighted by molar-refractivity contribution is 5.23. The van der Waals surface area contributed by atoms with E-state index in [0.29, 0.717) is 12.8 Å². The van der Waals surface area contributed by atoms with Crippen molar-refractivity contribution in [2.45, 2.75) is 18.9 Å². The number of aromatic nitrogens is 1. The van der Waals surface area contributed by atoms with Crippen molar-refractivity contribution in [2.75, 3.05) is 0 Å². The van der Waals surface area contributed by atoms with E-state index in [1.54, 1.807) is 12.4 Å². The minimum atomic E-state index is -0.862. The Balaban J connectivity index is 2.10. The number of pyridine rings is 1. The standard InChI is InChI=1S/C14H15F2N3/c15-12-5-1-4-11(14(12)16)13(19-17)7-6-10-3-2-8-18-9-10/h1-5,8-9,13,19H,6-7,17H2. The Bertz CT molecular complexity index is 531. The summed E-state index contributed by atoms with van der Waals surface area (Å²) in [5, 5.41) is 0. The van der Waals surface area contributed by atoms with Gasteiger partial charge in [-0.2, -0.15) is 0 Å². The van der Waals surface area contributed by atoms with E-state index in [1.807, 2.05) is 12.1 Å². The quantitative estimate of drug-likeness (QED) is 0.643. The van der Waals surface area contributed by atoms with Gasteiger partial charge in [-0.3, -0.25) is 16.3 Å². The number of rotatable bonds is 5. The lowest BCUT2D eigenvalue weighted by molar-refractivity contribution is 0.452. The van der Waals surface area contributed by atoms with E-state index in [4.69, 9.17) is 5.84 Å². The third kappa shape index (κ3) is 3.33. The normalized spacial score (nSPS) is 12.4. The van der Waals surface area contributed by atoms with Gasteiger partial charge in [0.2, 0.25) is 0 Å². The third-order valence-corrected chi connectivity index (χ3v) is 3.00. The zero-order valence-corrected chi connectivity index (χ0v) is 10.3. The van der Waals surface area contributed by atoms with Gasteiger partial charge in [0.1, 0.15) is 0 Å². The molecule has 0 aliphatic rings. The molecule has 1 aromatic heterocycles. The molecular formula is C14H15F2N3. The highest BCUT2D eigenvalue weighted by Gasteiger charge is 2.16. The van der Waals surface area contributed by atoms with Crippen LogP contribution < -0.4 is 11.3 Å². The molecule has 1 unspecified atom stereocenters. The van der Waals surface area contributed by atoms with Crippen molar-refractivity contribution in [1.82, 2.24) is 10.4 Å². The second-order valence-corrected chi connectivity index (χ2v) is 4.26. The SMILES string of the molecule is NNC(CCc1cccnc1)c1cccc(F)c1F. The molecule has 0 saturated heterocycles. The number of benzene rings is 1. The van der Waals surface area contributed by atoms with Crippen molar-refractivity contribution >= 4 is 0 Å². The Kier molecular flexibility index (Phi) is 4.54. The molecule has 2 rings (SSSR count). The molecule has 0 spiro atoms. The molecule has 5 heteroatoms. The molecule has 100 valence electrons. The summed E-state index contributed by atoms with van der Waals surface area (Å²) in [5.74, 6) is 3.72. The fraction of sp³-hybridized carbons (Fsp3) is 0.214. The fourth-order valence-corrected chi connectivity index (χ4v) is 1.98. The van der Waals surface area contributed by atoms with Crippen LogP contribution in [0.4, 0.5) is 8.78 Å². The first-order valence-corrected chi connectivity index (χ1v) is 6.01. The van der Waals surface area contributed by atoms with Crippen molar-refractivity contribution in [3.8, 4) is 0 Å². The van der Waals surface area contributed by atoms with Crippen LogP contribution >= 0.6 is 0 Å². The zero-order chi connectivity index (χ0) is 13.7. The fourth-order valence-electron chi connectivity index (χ4n) is 1.98. The second-order valence-electron chi connectivity index (χ2n) is 4.26. The molecule has 3 N–H and O–H groups in total. The van der Waals surface area contributed by atoms with Crippen LogP contribution in [0.1, 0.15) is 23.6 Å². The lowest BCUT2D eigenvalue weighted by atomic mass is 9.99. The van der Waals surface area contributed by atoms with Crippen LogP contribution in [0.3, 0.4) is 0 Å². The topological polar surface area (TPSA) is 50.9 Å². The first-order valence-electron chi connectivity index (χ1n) is 6.01. The van der Waals surface area contributed by atoms with E-state index in [-0.39, 0.29) is 5.56 Å². The molecule has 19 heavy (non-hydrogen) atoms. The lowest BCUT2D eigenvalue weighted by Gasteiger charge is -2.17. The third-order valence-electron chi connectivity index (χ3n) is 3.00. The van der Waals surface area contributed by atoms with Crippen LogP contribution in [-0.2, 0) is 6.42 Å². The number of hydrogen-bond donors (Lipinski definition) is 2. The average molecular weight is 263 g/mol. The van der Waals surface area contributed by atoms with Crippen molar-refractivity contribution in [3.05, 3.63) is 65.5 Å². The van der Waals surface area contributed by atoms with Gasteiger partial charge in [0, 0.05) is 24.0 Å². The zero-order valence-electron chi connectivity index (χ0n) is 10.3. The molecule has 2 aromatic rings. The summed E-state index contributed by atoms with van der Waals surface area (Å²) in [6, 6.07) is 7.43. The summed E-state index contributed by atoms with van der Waals surface area (Å²) in [7, 11) is 0. The largest absolute Gasteiger partial charge is 0.271 e. The van der Waals surface area contributed by atoms with E-state index in [2.05, 4.69) is 10.4 Å². The number of hydrazine groups is 1. The molecule has 1 heterocycles. The molecule has 1 atom stereocenters. The van der Waals surface area contributed by atoms with Crippen LogP contribution in [0.15, 0.2) is 42.7 Å². The van der Waals surface area contributed by atoms with Crippen LogP contribution in [0.2, 0.25) is 0 Å². The van der Waals surface area contributed by atoms with Crippen LogP contribution in [-0.4, -0.2) is 4.98 Å². The second kappa shape index (κ2) is 6.36. The maximum atomic E-state index is 13.7. The van der Waals surface area contributed by atoms with E-state index < -0.39 is 17.7 Å². The molecule has 0 radical (unpaired) electrons. The van der Waals surface area contributed by atoms with Gasteiger partial charge in [-0.15, -0.1) is 0 Å². The highest BCUT2D eigenvalue weighted by atomic mass is 19.2. The van der Waals surface area contributed by atoms with Crippen molar-refractivity contribution in [1.29, 1.82) is 0 Å². The monoisotopic (exact) mass is 263 g/mol. The van der Waals surface area contributed by atoms with Gasteiger partial charge in [-0.05, 0) is 30.5 Å². The predicted octanol–water partition coefficient (Wildman–Crippen LogP) is 2.50. The van der Waals surface area contributed by atoms with Gasteiger partial charge in [-0.1, -0.05) is 18.2 Å². The summed E-state index contributed by atoms with van der Waals surface area (Å²) in [4.78, 5) is 4.01. The minimum Gasteiger partial charge on any atom is -0.271 e.